The van der Waals surface area contributed by atoms with Crippen molar-refractivity contribution in [2.24, 2.45) is 0 Å². The summed E-state index contributed by atoms with van der Waals surface area (Å²) in [7, 11) is 0. The third-order valence-electron chi connectivity index (χ3n) is 4.20. The Balaban J connectivity index is 0.00000261. The first kappa shape index (κ1) is 22.0. The molecule has 0 saturated heterocycles. The number of aryl methyl sites for hydroxylation is 1. The van der Waals surface area contributed by atoms with Gasteiger partial charge in [0.2, 0.25) is 0 Å². The largest absolute Gasteiger partial charge is 0.302 e. The molecule has 0 aliphatic heterocycles. The molecule has 0 N–H and O–H groups in total. The van der Waals surface area contributed by atoms with Crippen molar-refractivity contribution in [3.63, 3.8) is 0 Å². The molecule has 146 valence electrons. The molecule has 6 nitrogen and oxygen atoms in total. The van der Waals surface area contributed by atoms with Gasteiger partial charge in [0.05, 0.1) is 15.9 Å². The molecule has 1 aromatic carbocycles. The van der Waals surface area contributed by atoms with Gasteiger partial charge in [0.25, 0.3) is 5.91 Å². The number of nitrogens with zero attached hydrogens (tertiary/aromatic N) is 5. The van der Waals surface area contributed by atoms with Gasteiger partial charge in [-0.25, -0.2) is 4.98 Å². The minimum absolute atomic E-state index is 0. The van der Waals surface area contributed by atoms with Crippen LogP contribution in [0.15, 0.2) is 18.2 Å². The lowest BCUT2D eigenvalue weighted by Crippen LogP contribution is -2.38. The standard InChI is InChI=1S/C17H20ClN5OS2.ClH/c1-4-22(5-2)8-9-23(16(24)15-11(3)20-21-26-15)17-19-13-7-6-12(18)10-14(13)25-17;/h6-7,10H,4-5,8-9H2,1-3H3;1H. The summed E-state index contributed by atoms with van der Waals surface area (Å²) in [6.07, 6.45) is 0. The maximum atomic E-state index is 13.1. The van der Waals surface area contributed by atoms with E-state index in [4.69, 9.17) is 11.6 Å². The number of amides is 1. The molecule has 2 aromatic heterocycles. The fourth-order valence-corrected chi connectivity index (χ4v) is 4.49. The van der Waals surface area contributed by atoms with E-state index in [1.807, 2.05) is 18.2 Å². The van der Waals surface area contributed by atoms with Crippen LogP contribution < -0.4 is 4.90 Å². The second kappa shape index (κ2) is 9.75. The van der Waals surface area contributed by atoms with Crippen molar-refractivity contribution in [1.29, 1.82) is 0 Å². The van der Waals surface area contributed by atoms with Gasteiger partial charge in [-0.05, 0) is 49.7 Å². The Bertz CT molecular complexity index is 910. The van der Waals surface area contributed by atoms with Crippen molar-refractivity contribution in [3.8, 4) is 0 Å². The number of hydrogen-bond acceptors (Lipinski definition) is 7. The number of hydrogen-bond donors (Lipinski definition) is 0. The van der Waals surface area contributed by atoms with Crippen LogP contribution in [0.1, 0.15) is 29.2 Å². The second-order valence-electron chi connectivity index (χ2n) is 5.78. The van der Waals surface area contributed by atoms with E-state index in [9.17, 15) is 4.79 Å². The molecule has 1 amide bonds. The maximum Gasteiger partial charge on any atom is 0.273 e. The SMILES string of the molecule is CCN(CC)CCN(C(=O)c1snnc1C)c1nc2ccc(Cl)cc2s1.Cl. The van der Waals surface area contributed by atoms with E-state index in [-0.39, 0.29) is 18.3 Å². The Morgan fingerprint density at radius 2 is 1.96 bits per heavy atom. The van der Waals surface area contributed by atoms with Crippen molar-refractivity contribution >= 4 is 68.1 Å². The molecule has 2 heterocycles. The van der Waals surface area contributed by atoms with E-state index in [0.29, 0.717) is 27.3 Å². The zero-order chi connectivity index (χ0) is 18.7. The number of benzene rings is 1. The molecule has 3 aromatic rings. The number of carbonyl (C=O) groups excluding carboxylic acids is 1. The molecule has 0 aliphatic rings. The van der Waals surface area contributed by atoms with Gasteiger partial charge in [0, 0.05) is 18.1 Å². The zero-order valence-electron chi connectivity index (χ0n) is 15.3. The monoisotopic (exact) mass is 445 g/mol. The van der Waals surface area contributed by atoms with Gasteiger partial charge >= 0.3 is 0 Å². The molecule has 0 spiro atoms. The number of halogens is 2. The molecule has 0 fully saturated rings. The van der Waals surface area contributed by atoms with Crippen molar-refractivity contribution in [2.45, 2.75) is 20.8 Å². The smallest absolute Gasteiger partial charge is 0.273 e. The predicted octanol–water partition coefficient (Wildman–Crippen LogP) is 4.52. The van der Waals surface area contributed by atoms with Crippen molar-refractivity contribution in [1.82, 2.24) is 19.5 Å². The van der Waals surface area contributed by atoms with E-state index < -0.39 is 0 Å². The number of aromatic nitrogens is 3. The highest BCUT2D eigenvalue weighted by Crippen LogP contribution is 2.32. The van der Waals surface area contributed by atoms with Gasteiger partial charge in [-0.3, -0.25) is 9.69 Å². The molecule has 0 saturated carbocycles. The molecule has 27 heavy (non-hydrogen) atoms. The molecule has 0 atom stereocenters. The van der Waals surface area contributed by atoms with Gasteiger partial charge < -0.3 is 4.90 Å². The summed E-state index contributed by atoms with van der Waals surface area (Å²) in [5.74, 6) is -0.102. The first-order chi connectivity index (χ1) is 12.5. The Hall–Kier alpha value is -1.32. The van der Waals surface area contributed by atoms with E-state index in [1.54, 1.807) is 11.8 Å². The minimum Gasteiger partial charge on any atom is -0.302 e. The molecular formula is C17H21Cl2N5OS2. The minimum atomic E-state index is -0.102. The average molecular weight is 446 g/mol. The number of thiazole rings is 1. The van der Waals surface area contributed by atoms with Crippen LogP contribution in [0.25, 0.3) is 10.2 Å². The summed E-state index contributed by atoms with van der Waals surface area (Å²) in [5, 5.41) is 5.31. The fraction of sp³-hybridized carbons (Fsp3) is 0.412. The highest BCUT2D eigenvalue weighted by molar-refractivity contribution is 7.22. The Kier molecular flexibility index (Phi) is 7.93. The van der Waals surface area contributed by atoms with E-state index in [0.717, 1.165) is 41.4 Å². The van der Waals surface area contributed by atoms with Crippen molar-refractivity contribution in [3.05, 3.63) is 33.8 Å². The summed E-state index contributed by atoms with van der Waals surface area (Å²) in [5.41, 5.74) is 1.49. The Morgan fingerprint density at radius 1 is 1.22 bits per heavy atom. The first-order valence-electron chi connectivity index (χ1n) is 8.42. The van der Waals surface area contributed by atoms with Crippen LogP contribution >= 0.6 is 46.9 Å². The molecule has 10 heteroatoms. The third-order valence-corrected chi connectivity index (χ3v) is 6.29. The van der Waals surface area contributed by atoms with Crippen LogP contribution in [0, 0.1) is 6.92 Å². The summed E-state index contributed by atoms with van der Waals surface area (Å²) in [4.78, 5) is 22.4. The van der Waals surface area contributed by atoms with Gasteiger partial charge in [-0.1, -0.05) is 41.3 Å². The molecule has 0 bridgehead atoms. The first-order valence-corrected chi connectivity index (χ1v) is 10.4. The number of likely N-dealkylation sites (N-methyl/N-ethyl adjacent to an activating group) is 1. The van der Waals surface area contributed by atoms with Gasteiger partial charge in [0.1, 0.15) is 4.88 Å². The molecule has 0 radical (unpaired) electrons. The van der Waals surface area contributed by atoms with Crippen LogP contribution in [0.5, 0.6) is 0 Å². The van der Waals surface area contributed by atoms with Crippen LogP contribution in [-0.4, -0.2) is 51.6 Å². The van der Waals surface area contributed by atoms with E-state index in [2.05, 4.69) is 33.3 Å². The predicted molar refractivity (Wildman–Crippen MR) is 116 cm³/mol. The number of carbonyl (C=O) groups is 1. The topological polar surface area (TPSA) is 62.2 Å². The van der Waals surface area contributed by atoms with Crippen molar-refractivity contribution < 1.29 is 4.79 Å². The number of rotatable bonds is 7. The quantitative estimate of drug-likeness (QED) is 0.534. The highest BCUT2D eigenvalue weighted by Gasteiger charge is 2.25. The molecule has 3 rings (SSSR count). The number of fused-ring (bicyclic) bond motifs is 1. The normalized spacial score (nSPS) is 11.0. The van der Waals surface area contributed by atoms with Crippen molar-refractivity contribution in [2.75, 3.05) is 31.1 Å². The lowest BCUT2D eigenvalue weighted by atomic mass is 10.3. The average Bonchev–Trinajstić information content (AvgIpc) is 3.23. The van der Waals surface area contributed by atoms with Crippen LogP contribution in [0.2, 0.25) is 5.02 Å². The summed E-state index contributed by atoms with van der Waals surface area (Å²) in [6.45, 7) is 9.26. The van der Waals surface area contributed by atoms with Gasteiger partial charge in [-0.2, -0.15) is 0 Å². The fourth-order valence-electron chi connectivity index (χ4n) is 2.62. The van der Waals surface area contributed by atoms with E-state index >= 15 is 0 Å². The van der Waals surface area contributed by atoms with Gasteiger partial charge in [-0.15, -0.1) is 17.5 Å². The molecular weight excluding hydrogens is 425 g/mol. The lowest BCUT2D eigenvalue weighted by molar-refractivity contribution is 0.0987. The lowest BCUT2D eigenvalue weighted by Gasteiger charge is -2.24. The zero-order valence-corrected chi connectivity index (χ0v) is 18.5. The summed E-state index contributed by atoms with van der Waals surface area (Å²) >= 11 is 8.69. The number of anilines is 1. The second-order valence-corrected chi connectivity index (χ2v) is 7.98. The maximum absolute atomic E-state index is 13.1. The third kappa shape index (κ3) is 4.94. The highest BCUT2D eigenvalue weighted by atomic mass is 35.5. The molecule has 0 aliphatic carbocycles. The van der Waals surface area contributed by atoms with Crippen LogP contribution in [0.4, 0.5) is 5.13 Å². The Labute approximate surface area is 177 Å². The van der Waals surface area contributed by atoms with Gasteiger partial charge in [0.15, 0.2) is 5.13 Å². The summed E-state index contributed by atoms with van der Waals surface area (Å²) in [6, 6.07) is 5.57. The Morgan fingerprint density at radius 3 is 2.59 bits per heavy atom. The van der Waals surface area contributed by atoms with Crippen LogP contribution in [0.3, 0.4) is 0 Å². The van der Waals surface area contributed by atoms with Crippen LogP contribution in [-0.2, 0) is 0 Å². The summed E-state index contributed by atoms with van der Waals surface area (Å²) < 4.78 is 4.87. The van der Waals surface area contributed by atoms with E-state index in [1.165, 1.54) is 11.3 Å². The molecule has 0 unspecified atom stereocenters.